The summed E-state index contributed by atoms with van der Waals surface area (Å²) in [5, 5.41) is 0. The van der Waals surface area contributed by atoms with Gasteiger partial charge in [-0.25, -0.2) is 0 Å². The molecule has 0 saturated heterocycles. The van der Waals surface area contributed by atoms with Gasteiger partial charge in [0.25, 0.3) is 0 Å². The van der Waals surface area contributed by atoms with Crippen LogP contribution in [0.3, 0.4) is 0 Å². The largest absolute Gasteiger partial charge is 0.497 e. The molecule has 0 aliphatic rings. The zero-order valence-corrected chi connectivity index (χ0v) is 11.9. The summed E-state index contributed by atoms with van der Waals surface area (Å²) in [6.07, 6.45) is -6.84. The van der Waals surface area contributed by atoms with Gasteiger partial charge in [0.2, 0.25) is 5.78 Å². The molecule has 0 aromatic heterocycles. The van der Waals surface area contributed by atoms with Crippen molar-refractivity contribution in [2.24, 2.45) is 0 Å². The Morgan fingerprint density at radius 1 is 0.957 bits per heavy atom. The molecule has 0 bridgehead atoms. The highest BCUT2D eigenvalue weighted by atomic mass is 19.4. The maximum Gasteiger partial charge on any atom is 0.416 e. The Kier molecular flexibility index (Phi) is 4.88. The van der Waals surface area contributed by atoms with Crippen molar-refractivity contribution in [2.45, 2.75) is 12.5 Å². The smallest absolute Gasteiger partial charge is 0.416 e. The van der Waals surface area contributed by atoms with Gasteiger partial charge < -0.3 is 9.47 Å². The number of carbonyl (C=O) groups is 1. The molecule has 122 valence electrons. The van der Waals surface area contributed by atoms with Crippen molar-refractivity contribution in [1.82, 2.24) is 0 Å². The molecule has 0 radical (unpaired) electrons. The van der Waals surface area contributed by atoms with E-state index in [1.165, 1.54) is 31.4 Å². The van der Waals surface area contributed by atoms with Crippen molar-refractivity contribution in [3.8, 4) is 11.5 Å². The minimum absolute atomic E-state index is 0.0959. The number of carbonyl (C=O) groups excluding carboxylic acids is 1. The zero-order chi connectivity index (χ0) is 17.0. The first-order chi connectivity index (χ1) is 10.8. The monoisotopic (exact) mass is 328 g/mol. The lowest BCUT2D eigenvalue weighted by Gasteiger charge is -2.12. The van der Waals surface area contributed by atoms with Crippen molar-refractivity contribution in [2.75, 3.05) is 7.11 Å². The van der Waals surface area contributed by atoms with Crippen LogP contribution in [0.5, 0.6) is 11.5 Å². The van der Waals surface area contributed by atoms with Gasteiger partial charge in [-0.3, -0.25) is 4.79 Å². The van der Waals surface area contributed by atoms with E-state index in [1.54, 1.807) is 0 Å². The van der Waals surface area contributed by atoms with Gasteiger partial charge in [0.1, 0.15) is 11.5 Å². The Morgan fingerprint density at radius 3 is 1.96 bits per heavy atom. The quantitative estimate of drug-likeness (QED) is 0.607. The first-order valence-corrected chi connectivity index (χ1v) is 6.47. The summed E-state index contributed by atoms with van der Waals surface area (Å²) in [6.45, 7) is 0. The molecule has 2 rings (SSSR count). The third-order valence-electron chi connectivity index (χ3n) is 3.00. The minimum atomic E-state index is -4.52. The van der Waals surface area contributed by atoms with Crippen LogP contribution in [0, 0.1) is 0 Å². The van der Waals surface area contributed by atoms with Crippen LogP contribution in [0.1, 0.15) is 15.9 Å². The van der Waals surface area contributed by atoms with E-state index in [0.717, 1.165) is 12.1 Å². The summed E-state index contributed by atoms with van der Waals surface area (Å²) in [5.41, 5.74) is -1.13. The minimum Gasteiger partial charge on any atom is -0.497 e. The molecule has 0 saturated carbocycles. The van der Waals surface area contributed by atoms with Gasteiger partial charge in [-0.1, -0.05) is 12.1 Å². The maximum atomic E-state index is 13.9. The summed E-state index contributed by atoms with van der Waals surface area (Å²) < 4.78 is 60.9. The average molecular weight is 328 g/mol. The van der Waals surface area contributed by atoms with Crippen molar-refractivity contribution < 1.29 is 31.8 Å². The van der Waals surface area contributed by atoms with Gasteiger partial charge in [0.15, 0.2) is 0 Å². The highest BCUT2D eigenvalue weighted by Crippen LogP contribution is 2.29. The van der Waals surface area contributed by atoms with Crippen LogP contribution < -0.4 is 9.47 Å². The molecule has 1 unspecified atom stereocenters. The second-order valence-electron chi connectivity index (χ2n) is 4.55. The maximum absolute atomic E-state index is 13.9. The molecule has 0 aliphatic heterocycles. The molecule has 1 atom stereocenters. The molecule has 3 nitrogen and oxygen atoms in total. The van der Waals surface area contributed by atoms with Crippen LogP contribution in [-0.2, 0) is 6.18 Å². The van der Waals surface area contributed by atoms with Crippen LogP contribution >= 0.6 is 0 Å². The van der Waals surface area contributed by atoms with E-state index in [0.29, 0.717) is 17.9 Å². The molecule has 0 heterocycles. The molecule has 0 aliphatic carbocycles. The van der Waals surface area contributed by atoms with Gasteiger partial charge >= 0.3 is 12.5 Å². The van der Waals surface area contributed by atoms with E-state index in [2.05, 4.69) is 0 Å². The summed E-state index contributed by atoms with van der Waals surface area (Å²) in [5.74, 6) is -0.435. The number of hydrogen-bond acceptors (Lipinski definition) is 3. The fourth-order valence-electron chi connectivity index (χ4n) is 1.78. The molecule has 7 heteroatoms. The number of rotatable bonds is 5. The number of ketones is 1. The van der Waals surface area contributed by atoms with E-state index in [-0.39, 0.29) is 11.3 Å². The van der Waals surface area contributed by atoms with Gasteiger partial charge in [0.05, 0.1) is 12.7 Å². The number of hydrogen-bond donors (Lipinski definition) is 0. The van der Waals surface area contributed by atoms with E-state index in [4.69, 9.17) is 9.47 Å². The first-order valence-electron chi connectivity index (χ1n) is 6.47. The van der Waals surface area contributed by atoms with Crippen LogP contribution in [0.4, 0.5) is 17.6 Å². The molecule has 0 N–H and O–H groups in total. The molecule has 23 heavy (non-hydrogen) atoms. The highest BCUT2D eigenvalue weighted by molar-refractivity contribution is 5.98. The van der Waals surface area contributed by atoms with Crippen molar-refractivity contribution in [1.29, 1.82) is 0 Å². The van der Waals surface area contributed by atoms with E-state index < -0.39 is 23.9 Å². The fourth-order valence-corrected chi connectivity index (χ4v) is 1.78. The highest BCUT2D eigenvalue weighted by Gasteiger charge is 2.30. The Morgan fingerprint density at radius 2 is 1.48 bits per heavy atom. The SMILES string of the molecule is COc1ccc(OC(F)C(=O)c2ccc(C(F)(F)F)cc2)cc1. The molecule has 0 fully saturated rings. The number of benzene rings is 2. The normalized spacial score (nSPS) is 12.6. The van der Waals surface area contributed by atoms with Gasteiger partial charge in [-0.15, -0.1) is 0 Å². The Balaban J connectivity index is 2.06. The van der Waals surface area contributed by atoms with Crippen molar-refractivity contribution in [3.05, 3.63) is 59.7 Å². The summed E-state index contributed by atoms with van der Waals surface area (Å²) in [6, 6.07) is 9.11. The predicted octanol–water partition coefficient (Wildman–Crippen LogP) is 4.27. The summed E-state index contributed by atoms with van der Waals surface area (Å²) in [4.78, 5) is 11.8. The second-order valence-corrected chi connectivity index (χ2v) is 4.55. The number of methoxy groups -OCH3 is 1. The third kappa shape index (κ3) is 4.21. The average Bonchev–Trinajstić information content (AvgIpc) is 2.54. The first kappa shape index (κ1) is 16.8. The topological polar surface area (TPSA) is 35.5 Å². The lowest BCUT2D eigenvalue weighted by molar-refractivity contribution is -0.137. The van der Waals surface area contributed by atoms with Crippen molar-refractivity contribution >= 4 is 5.78 Å². The molecule has 2 aromatic carbocycles. The Hall–Kier alpha value is -2.57. The summed E-state index contributed by atoms with van der Waals surface area (Å²) in [7, 11) is 1.46. The number of Topliss-reactive ketones (excluding diaryl/α,β-unsaturated/α-hetero) is 1. The third-order valence-corrected chi connectivity index (χ3v) is 3.00. The molecule has 2 aromatic rings. The predicted molar refractivity (Wildman–Crippen MR) is 74.3 cm³/mol. The van der Waals surface area contributed by atoms with E-state index in [1.807, 2.05) is 0 Å². The van der Waals surface area contributed by atoms with Gasteiger partial charge in [0, 0.05) is 5.56 Å². The molecular weight excluding hydrogens is 316 g/mol. The summed E-state index contributed by atoms with van der Waals surface area (Å²) >= 11 is 0. The van der Waals surface area contributed by atoms with E-state index >= 15 is 0 Å². The molecule has 0 spiro atoms. The van der Waals surface area contributed by atoms with Gasteiger partial charge in [-0.2, -0.15) is 17.6 Å². The van der Waals surface area contributed by atoms with Crippen LogP contribution in [-0.4, -0.2) is 19.3 Å². The van der Waals surface area contributed by atoms with Crippen LogP contribution in [0.2, 0.25) is 0 Å². The van der Waals surface area contributed by atoms with Crippen molar-refractivity contribution in [3.63, 3.8) is 0 Å². The van der Waals surface area contributed by atoms with Crippen LogP contribution in [0.25, 0.3) is 0 Å². The Labute approximate surface area is 129 Å². The molecular formula is C16H12F4O3. The van der Waals surface area contributed by atoms with Crippen LogP contribution in [0.15, 0.2) is 48.5 Å². The van der Waals surface area contributed by atoms with Gasteiger partial charge in [-0.05, 0) is 36.4 Å². The zero-order valence-electron chi connectivity index (χ0n) is 11.9. The lowest BCUT2D eigenvalue weighted by Crippen LogP contribution is -2.22. The second kappa shape index (κ2) is 6.68. The van der Waals surface area contributed by atoms with E-state index in [9.17, 15) is 22.4 Å². The molecule has 0 amide bonds. The number of ether oxygens (including phenoxy) is 2. The number of alkyl halides is 4. The standard InChI is InChI=1S/C16H12F4O3/c1-22-12-6-8-13(9-7-12)23-15(17)14(21)10-2-4-11(5-3-10)16(18,19)20/h2-9,15H,1H3. The number of halogens is 4. The lowest BCUT2D eigenvalue weighted by atomic mass is 10.1. The fraction of sp³-hybridized carbons (Fsp3) is 0.188. The Bertz CT molecular complexity index is 663.